The van der Waals surface area contributed by atoms with Gasteiger partial charge in [0.1, 0.15) is 23.1 Å². The van der Waals surface area contributed by atoms with E-state index in [1.165, 1.54) is 12.4 Å². The molecule has 1 fully saturated rings. The summed E-state index contributed by atoms with van der Waals surface area (Å²) in [6.07, 6.45) is 6.07. The number of aromatic nitrogens is 5. The molecule has 0 atom stereocenters. The van der Waals surface area contributed by atoms with Gasteiger partial charge in [-0.15, -0.1) is 0 Å². The fourth-order valence-electron chi connectivity index (χ4n) is 4.65. The van der Waals surface area contributed by atoms with Crippen molar-refractivity contribution in [3.63, 3.8) is 0 Å². The van der Waals surface area contributed by atoms with E-state index in [1.807, 2.05) is 34.8 Å². The molecule has 6 rings (SSSR count). The highest BCUT2D eigenvalue weighted by molar-refractivity contribution is 5.88. The summed E-state index contributed by atoms with van der Waals surface area (Å²) in [5.74, 6) is -1.37. The number of piperazine rings is 1. The molecule has 0 spiro atoms. The molecule has 1 aliphatic heterocycles. The maximum Gasteiger partial charge on any atom is 0.246 e. The van der Waals surface area contributed by atoms with Gasteiger partial charge in [-0.25, -0.2) is 28.7 Å². The number of aryl methyl sites for hydroxylation is 1. The number of anilines is 3. The highest BCUT2D eigenvalue weighted by atomic mass is 19.1. The van der Waals surface area contributed by atoms with Crippen molar-refractivity contribution in [3.05, 3.63) is 79.4 Å². The van der Waals surface area contributed by atoms with Gasteiger partial charge in [0.2, 0.25) is 11.9 Å². The predicted octanol–water partition coefficient (Wildman–Crippen LogP) is 4.56. The zero-order chi connectivity index (χ0) is 27.8. The standard InChI is InChI=1S/C28H24F2N8O2/c1-3-24(39)37-8-10-38(11-9-37)28-31-15-22-25(35-28)27(33-16-32-22)34-18-13-20(29)26(21(30)14-18)40-19-4-5-23-17(12-19)6-7-36(23)2/h3-7,12-16H,1,8-11H2,2H3,(H,32,33,34). The minimum atomic E-state index is -0.878. The molecule has 4 heterocycles. The smallest absolute Gasteiger partial charge is 0.246 e. The number of hydrogen-bond acceptors (Lipinski definition) is 8. The third kappa shape index (κ3) is 4.75. The molecule has 202 valence electrons. The number of amides is 1. The Balaban J connectivity index is 1.23. The number of halogens is 2. The molecule has 1 saturated heterocycles. The molecule has 1 amide bonds. The molecular formula is C28H24F2N8O2. The Morgan fingerprint density at radius 1 is 1.05 bits per heavy atom. The van der Waals surface area contributed by atoms with E-state index in [0.717, 1.165) is 23.0 Å². The quantitative estimate of drug-likeness (QED) is 0.312. The molecule has 0 radical (unpaired) electrons. The molecule has 0 bridgehead atoms. The summed E-state index contributed by atoms with van der Waals surface area (Å²) in [4.78, 5) is 33.0. The summed E-state index contributed by atoms with van der Waals surface area (Å²) in [5, 5.41) is 3.84. The molecule has 10 nitrogen and oxygen atoms in total. The summed E-state index contributed by atoms with van der Waals surface area (Å²) in [6, 6.07) is 9.37. The minimum absolute atomic E-state index is 0.118. The van der Waals surface area contributed by atoms with Crippen LogP contribution < -0.4 is 15.0 Å². The third-order valence-electron chi connectivity index (χ3n) is 6.75. The Morgan fingerprint density at radius 2 is 1.82 bits per heavy atom. The van der Waals surface area contributed by atoms with E-state index >= 15 is 8.78 Å². The molecule has 12 heteroatoms. The molecule has 1 aliphatic rings. The largest absolute Gasteiger partial charge is 0.451 e. The van der Waals surface area contributed by atoms with Crippen LogP contribution in [-0.4, -0.2) is 61.5 Å². The van der Waals surface area contributed by atoms with Crippen LogP contribution in [0.3, 0.4) is 0 Å². The highest BCUT2D eigenvalue weighted by Crippen LogP contribution is 2.33. The predicted molar refractivity (Wildman–Crippen MR) is 147 cm³/mol. The second kappa shape index (κ2) is 10.2. The summed E-state index contributed by atoms with van der Waals surface area (Å²) < 4.78 is 37.6. The number of nitrogens with zero attached hydrogens (tertiary/aromatic N) is 7. The second-order valence-electron chi connectivity index (χ2n) is 9.29. The van der Waals surface area contributed by atoms with Crippen LogP contribution in [-0.2, 0) is 11.8 Å². The number of nitrogens with one attached hydrogen (secondary N) is 1. The summed E-state index contributed by atoms with van der Waals surface area (Å²) in [6.45, 7) is 5.63. The number of carbonyl (C=O) groups is 1. The van der Waals surface area contributed by atoms with E-state index in [2.05, 4.69) is 31.8 Å². The molecule has 3 aromatic heterocycles. The molecule has 40 heavy (non-hydrogen) atoms. The Kier molecular flexibility index (Phi) is 6.42. The maximum absolute atomic E-state index is 15.0. The Hall–Kier alpha value is -5.13. The van der Waals surface area contributed by atoms with Gasteiger partial charge in [0.05, 0.1) is 6.20 Å². The van der Waals surface area contributed by atoms with Crippen LogP contribution in [0.15, 0.2) is 67.8 Å². The van der Waals surface area contributed by atoms with Gasteiger partial charge in [0, 0.05) is 68.1 Å². The zero-order valence-corrected chi connectivity index (χ0v) is 21.5. The van der Waals surface area contributed by atoms with Gasteiger partial charge in [0.15, 0.2) is 23.2 Å². The fraction of sp³-hybridized carbons (Fsp3) is 0.179. The number of rotatable bonds is 6. The monoisotopic (exact) mass is 542 g/mol. The average molecular weight is 543 g/mol. The van der Waals surface area contributed by atoms with Crippen LogP contribution >= 0.6 is 0 Å². The minimum Gasteiger partial charge on any atom is -0.451 e. The van der Waals surface area contributed by atoms with Gasteiger partial charge in [-0.2, -0.15) is 0 Å². The average Bonchev–Trinajstić information content (AvgIpc) is 3.34. The summed E-state index contributed by atoms with van der Waals surface area (Å²) >= 11 is 0. The molecule has 1 N–H and O–H groups in total. The van der Waals surface area contributed by atoms with E-state index in [0.29, 0.717) is 48.9 Å². The van der Waals surface area contributed by atoms with Gasteiger partial charge >= 0.3 is 0 Å². The topological polar surface area (TPSA) is 101 Å². The van der Waals surface area contributed by atoms with Crippen molar-refractivity contribution >= 4 is 45.3 Å². The van der Waals surface area contributed by atoms with E-state index < -0.39 is 17.4 Å². The van der Waals surface area contributed by atoms with Gasteiger partial charge in [-0.05, 0) is 30.3 Å². The van der Waals surface area contributed by atoms with E-state index in [1.54, 1.807) is 23.2 Å². The zero-order valence-electron chi connectivity index (χ0n) is 21.5. The van der Waals surface area contributed by atoms with Crippen LogP contribution in [0.5, 0.6) is 11.5 Å². The van der Waals surface area contributed by atoms with Gasteiger partial charge < -0.3 is 24.4 Å². The van der Waals surface area contributed by atoms with Crippen molar-refractivity contribution < 1.29 is 18.3 Å². The first-order valence-corrected chi connectivity index (χ1v) is 12.5. The van der Waals surface area contributed by atoms with E-state index in [9.17, 15) is 4.79 Å². The van der Waals surface area contributed by atoms with Crippen molar-refractivity contribution in [2.24, 2.45) is 7.05 Å². The second-order valence-corrected chi connectivity index (χ2v) is 9.29. The van der Waals surface area contributed by atoms with Crippen molar-refractivity contribution in [3.8, 4) is 11.5 Å². The number of benzene rings is 2. The Labute approximate surface area is 227 Å². The Morgan fingerprint density at radius 3 is 2.58 bits per heavy atom. The first-order chi connectivity index (χ1) is 19.4. The maximum atomic E-state index is 15.0. The summed E-state index contributed by atoms with van der Waals surface area (Å²) in [7, 11) is 1.91. The van der Waals surface area contributed by atoms with Crippen LogP contribution in [0.2, 0.25) is 0 Å². The number of carbonyl (C=O) groups excluding carboxylic acids is 1. The number of hydrogen-bond donors (Lipinski definition) is 1. The molecule has 0 saturated carbocycles. The Bertz CT molecular complexity index is 1740. The van der Waals surface area contributed by atoms with Crippen molar-refractivity contribution in [2.45, 2.75) is 0 Å². The lowest BCUT2D eigenvalue weighted by atomic mass is 10.2. The van der Waals surface area contributed by atoms with Crippen molar-refractivity contribution in [1.29, 1.82) is 0 Å². The molecule has 0 unspecified atom stereocenters. The van der Waals surface area contributed by atoms with Crippen molar-refractivity contribution in [1.82, 2.24) is 29.4 Å². The first-order valence-electron chi connectivity index (χ1n) is 12.5. The van der Waals surface area contributed by atoms with Crippen LogP contribution in [0, 0.1) is 11.6 Å². The van der Waals surface area contributed by atoms with Crippen LogP contribution in [0.4, 0.5) is 26.2 Å². The van der Waals surface area contributed by atoms with E-state index in [4.69, 9.17) is 4.74 Å². The van der Waals surface area contributed by atoms with Crippen LogP contribution in [0.1, 0.15) is 0 Å². The number of ether oxygens (including phenoxy) is 1. The fourth-order valence-corrected chi connectivity index (χ4v) is 4.65. The van der Waals surface area contributed by atoms with Gasteiger partial charge in [-0.1, -0.05) is 6.58 Å². The lowest BCUT2D eigenvalue weighted by molar-refractivity contribution is -0.126. The molecular weight excluding hydrogens is 518 g/mol. The lowest BCUT2D eigenvalue weighted by Crippen LogP contribution is -2.48. The number of fused-ring (bicyclic) bond motifs is 2. The van der Waals surface area contributed by atoms with Gasteiger partial charge in [0.25, 0.3) is 0 Å². The first kappa shape index (κ1) is 25.2. The van der Waals surface area contributed by atoms with Crippen molar-refractivity contribution in [2.75, 3.05) is 36.4 Å². The normalized spacial score (nSPS) is 13.6. The third-order valence-corrected chi connectivity index (χ3v) is 6.75. The molecule has 2 aromatic carbocycles. The molecule has 5 aromatic rings. The SMILES string of the molecule is C=CC(=O)N1CCN(c2ncc3ncnc(Nc4cc(F)c(Oc5ccc6c(ccn6C)c5)c(F)c4)c3n2)CC1. The lowest BCUT2D eigenvalue weighted by Gasteiger charge is -2.34. The molecule has 0 aliphatic carbocycles. The van der Waals surface area contributed by atoms with Gasteiger partial charge in [-0.3, -0.25) is 4.79 Å². The van der Waals surface area contributed by atoms with Crippen LogP contribution in [0.25, 0.3) is 21.9 Å². The van der Waals surface area contributed by atoms with E-state index in [-0.39, 0.29) is 17.4 Å². The highest BCUT2D eigenvalue weighted by Gasteiger charge is 2.22. The summed E-state index contributed by atoms with van der Waals surface area (Å²) in [5.41, 5.74) is 1.94.